The van der Waals surface area contributed by atoms with Gasteiger partial charge in [-0.05, 0) is 42.0 Å². The zero-order valence-corrected chi connectivity index (χ0v) is 18.2. The lowest BCUT2D eigenvalue weighted by Gasteiger charge is -2.32. The van der Waals surface area contributed by atoms with E-state index >= 15 is 0 Å². The van der Waals surface area contributed by atoms with Gasteiger partial charge in [-0.1, -0.05) is 12.1 Å². The van der Waals surface area contributed by atoms with Gasteiger partial charge in [-0.25, -0.2) is 8.78 Å². The predicted octanol–water partition coefficient (Wildman–Crippen LogP) is 3.56. The highest BCUT2D eigenvalue weighted by atomic mass is 19.4. The molecule has 2 aliphatic rings. The second-order valence-electron chi connectivity index (χ2n) is 8.01. The van der Waals surface area contributed by atoms with Crippen molar-refractivity contribution in [1.82, 2.24) is 15.1 Å². The number of carbonyl (C=O) groups excluding carboxylic acids is 3. The van der Waals surface area contributed by atoms with Gasteiger partial charge in [0.15, 0.2) is 0 Å². The number of rotatable bonds is 5. The van der Waals surface area contributed by atoms with Crippen LogP contribution in [0, 0.1) is 11.6 Å². The standard InChI is InChI=1S/C24H18F5N3O3/c1-31(16-6-7-20(30-12-16)24(27,28)29)23(35)19(10-13-8-14(25)11-15(26)9-13)32-21(33)17-4-2-3-5-18(17)22(32)34/h2-9,11,19,30H,10,12H2,1H3. The summed E-state index contributed by atoms with van der Waals surface area (Å²) in [4.78, 5) is 41.4. The first-order chi connectivity index (χ1) is 16.5. The Labute approximate surface area is 196 Å². The van der Waals surface area contributed by atoms with Crippen LogP contribution < -0.4 is 5.32 Å². The highest BCUT2D eigenvalue weighted by molar-refractivity contribution is 6.22. The molecule has 3 amide bonds. The lowest BCUT2D eigenvalue weighted by atomic mass is 10.0. The number of allylic oxidation sites excluding steroid dienone is 3. The zero-order chi connectivity index (χ0) is 25.5. The largest absolute Gasteiger partial charge is 0.430 e. The molecule has 0 aromatic heterocycles. The second kappa shape index (κ2) is 8.97. The number of likely N-dealkylation sites (N-methyl/N-ethyl adjacent to an activating group) is 1. The molecule has 182 valence electrons. The minimum Gasteiger partial charge on any atom is -0.375 e. The fraction of sp³-hybridized carbons (Fsp3) is 0.208. The van der Waals surface area contributed by atoms with E-state index in [-0.39, 0.29) is 28.9 Å². The smallest absolute Gasteiger partial charge is 0.375 e. The summed E-state index contributed by atoms with van der Waals surface area (Å²) in [5, 5.41) is 2.18. The average molecular weight is 491 g/mol. The van der Waals surface area contributed by atoms with Crippen molar-refractivity contribution >= 4 is 17.7 Å². The van der Waals surface area contributed by atoms with Crippen molar-refractivity contribution in [2.75, 3.05) is 13.6 Å². The molecule has 0 fully saturated rings. The summed E-state index contributed by atoms with van der Waals surface area (Å²) in [5.41, 5.74) is -0.704. The van der Waals surface area contributed by atoms with E-state index in [1.165, 1.54) is 19.2 Å². The first kappa shape index (κ1) is 24.1. The monoisotopic (exact) mass is 491 g/mol. The number of amides is 3. The molecule has 2 heterocycles. The highest BCUT2D eigenvalue weighted by Crippen LogP contribution is 2.29. The van der Waals surface area contributed by atoms with Crippen LogP contribution in [0.5, 0.6) is 0 Å². The van der Waals surface area contributed by atoms with Gasteiger partial charge in [0.2, 0.25) is 5.91 Å². The minimum absolute atomic E-state index is 0.0146. The number of imide groups is 1. The molecule has 0 saturated heterocycles. The van der Waals surface area contributed by atoms with Crippen LogP contribution in [0.2, 0.25) is 0 Å². The summed E-state index contributed by atoms with van der Waals surface area (Å²) in [7, 11) is 1.28. The molecular weight excluding hydrogens is 473 g/mol. The number of nitrogens with one attached hydrogen (secondary N) is 1. The van der Waals surface area contributed by atoms with Gasteiger partial charge in [-0.2, -0.15) is 13.2 Å². The number of hydrogen-bond donors (Lipinski definition) is 1. The van der Waals surface area contributed by atoms with E-state index in [2.05, 4.69) is 5.32 Å². The molecule has 0 bridgehead atoms. The lowest BCUT2D eigenvalue weighted by molar-refractivity contribution is -0.132. The summed E-state index contributed by atoms with van der Waals surface area (Å²) in [5.74, 6) is -4.16. The third-order valence-electron chi connectivity index (χ3n) is 5.74. The molecule has 2 aromatic carbocycles. The summed E-state index contributed by atoms with van der Waals surface area (Å²) in [6, 6.07) is 6.99. The molecule has 0 aliphatic carbocycles. The molecule has 0 saturated carbocycles. The number of hydrogen-bond acceptors (Lipinski definition) is 4. The number of nitrogens with zero attached hydrogens (tertiary/aromatic N) is 2. The van der Waals surface area contributed by atoms with E-state index < -0.39 is 53.7 Å². The molecule has 1 unspecified atom stereocenters. The Balaban J connectivity index is 1.70. The van der Waals surface area contributed by atoms with Gasteiger partial charge >= 0.3 is 6.18 Å². The molecule has 2 aromatic rings. The van der Waals surface area contributed by atoms with E-state index in [9.17, 15) is 36.3 Å². The Morgan fingerprint density at radius 2 is 1.60 bits per heavy atom. The van der Waals surface area contributed by atoms with Crippen molar-refractivity contribution in [3.05, 3.63) is 94.3 Å². The van der Waals surface area contributed by atoms with Crippen LogP contribution in [0.25, 0.3) is 0 Å². The molecule has 4 rings (SSSR count). The molecule has 1 atom stereocenters. The van der Waals surface area contributed by atoms with E-state index in [0.29, 0.717) is 6.07 Å². The van der Waals surface area contributed by atoms with Crippen molar-refractivity contribution < 1.29 is 36.3 Å². The van der Waals surface area contributed by atoms with E-state index in [1.807, 2.05) is 0 Å². The lowest BCUT2D eigenvalue weighted by Crippen LogP contribution is -2.51. The SMILES string of the molecule is CN(C(=O)C(Cc1cc(F)cc(F)c1)N1C(=O)c2ccccc2C1=O)C1=CC=C(C(F)(F)F)NC1. The Hall–Kier alpha value is -4.02. The number of alkyl halides is 3. The summed E-state index contributed by atoms with van der Waals surface area (Å²) >= 11 is 0. The fourth-order valence-electron chi connectivity index (χ4n) is 4.01. The molecule has 0 spiro atoms. The Kier molecular flexibility index (Phi) is 6.18. The average Bonchev–Trinajstić information content (AvgIpc) is 3.05. The molecule has 11 heteroatoms. The van der Waals surface area contributed by atoms with Gasteiger partial charge in [-0.15, -0.1) is 0 Å². The Morgan fingerprint density at radius 3 is 2.09 bits per heavy atom. The maximum atomic E-state index is 13.8. The first-order valence-corrected chi connectivity index (χ1v) is 10.4. The molecule has 35 heavy (non-hydrogen) atoms. The predicted molar refractivity (Wildman–Crippen MR) is 114 cm³/mol. The van der Waals surface area contributed by atoms with Crippen LogP contribution in [0.3, 0.4) is 0 Å². The highest BCUT2D eigenvalue weighted by Gasteiger charge is 2.44. The zero-order valence-electron chi connectivity index (χ0n) is 18.2. The normalized spacial score (nSPS) is 16.3. The Bertz CT molecular complexity index is 1230. The molecule has 2 aliphatic heterocycles. The van der Waals surface area contributed by atoms with E-state index in [1.54, 1.807) is 12.1 Å². The third-order valence-corrected chi connectivity index (χ3v) is 5.74. The van der Waals surface area contributed by atoms with Crippen LogP contribution in [0.15, 0.2) is 66.0 Å². The summed E-state index contributed by atoms with van der Waals surface area (Å²) in [6.45, 7) is -0.350. The van der Waals surface area contributed by atoms with E-state index in [4.69, 9.17) is 0 Å². The van der Waals surface area contributed by atoms with Crippen LogP contribution in [0.1, 0.15) is 26.3 Å². The van der Waals surface area contributed by atoms with Crippen molar-refractivity contribution in [1.29, 1.82) is 0 Å². The van der Waals surface area contributed by atoms with Crippen LogP contribution in [0.4, 0.5) is 22.0 Å². The number of halogens is 5. The number of dihydropyridines is 1. The summed E-state index contributed by atoms with van der Waals surface area (Å²) < 4.78 is 66.3. The molecule has 1 N–H and O–H groups in total. The third kappa shape index (κ3) is 4.66. The quantitative estimate of drug-likeness (QED) is 0.513. The summed E-state index contributed by atoms with van der Waals surface area (Å²) in [6.07, 6.45) is -3.15. The first-order valence-electron chi connectivity index (χ1n) is 10.4. The molecule has 0 radical (unpaired) electrons. The Morgan fingerprint density at radius 1 is 1.03 bits per heavy atom. The van der Waals surface area contributed by atoms with Crippen molar-refractivity contribution in [3.8, 4) is 0 Å². The van der Waals surface area contributed by atoms with Gasteiger partial charge in [0.25, 0.3) is 11.8 Å². The number of benzene rings is 2. The number of carbonyl (C=O) groups is 3. The van der Waals surface area contributed by atoms with Gasteiger partial charge in [0.05, 0.1) is 17.7 Å². The molecule has 6 nitrogen and oxygen atoms in total. The van der Waals surface area contributed by atoms with Gasteiger partial charge in [0.1, 0.15) is 23.4 Å². The maximum absolute atomic E-state index is 13.8. The number of fused-ring (bicyclic) bond motifs is 1. The van der Waals surface area contributed by atoms with Crippen molar-refractivity contribution in [3.63, 3.8) is 0 Å². The van der Waals surface area contributed by atoms with Crippen LogP contribution >= 0.6 is 0 Å². The second-order valence-corrected chi connectivity index (χ2v) is 8.01. The van der Waals surface area contributed by atoms with Crippen molar-refractivity contribution in [2.45, 2.75) is 18.6 Å². The van der Waals surface area contributed by atoms with E-state index in [0.717, 1.165) is 34.1 Å². The maximum Gasteiger partial charge on any atom is 0.430 e. The molecular formula is C24H18F5N3O3. The minimum atomic E-state index is -4.60. The van der Waals surface area contributed by atoms with Gasteiger partial charge in [0, 0.05) is 25.2 Å². The topological polar surface area (TPSA) is 69.7 Å². The van der Waals surface area contributed by atoms with Crippen LogP contribution in [-0.4, -0.2) is 53.3 Å². The fourth-order valence-corrected chi connectivity index (χ4v) is 4.01. The van der Waals surface area contributed by atoms with Gasteiger partial charge in [-0.3, -0.25) is 19.3 Å². The van der Waals surface area contributed by atoms with Gasteiger partial charge < -0.3 is 10.2 Å². The van der Waals surface area contributed by atoms with Crippen molar-refractivity contribution in [2.24, 2.45) is 0 Å². The van der Waals surface area contributed by atoms with Crippen LogP contribution in [-0.2, 0) is 11.2 Å².